The number of benzene rings is 2. The van der Waals surface area contributed by atoms with E-state index in [0.29, 0.717) is 16.3 Å². The molecule has 0 atom stereocenters. The molecule has 0 amide bonds. The largest absolute Gasteiger partial charge is 0.507 e. The number of nitrogens with zero attached hydrogens (tertiary/aromatic N) is 2. The van der Waals surface area contributed by atoms with E-state index in [1.54, 1.807) is 19.1 Å². The van der Waals surface area contributed by atoms with E-state index in [0.717, 1.165) is 0 Å². The molecule has 0 aliphatic rings. The first kappa shape index (κ1) is 15.7. The second-order valence-electron chi connectivity index (χ2n) is 5.03. The Morgan fingerprint density at radius 1 is 1.25 bits per heavy atom. The number of carboxylic acids is 1. The molecular weight excluding hydrogens is 336 g/mol. The van der Waals surface area contributed by atoms with Gasteiger partial charge in [-0.05, 0) is 36.1 Å². The summed E-state index contributed by atoms with van der Waals surface area (Å²) in [5.41, 5.74) is 0.679. The average Bonchev–Trinajstić information content (AvgIpc) is 2.99. The van der Waals surface area contributed by atoms with Gasteiger partial charge in [0.1, 0.15) is 5.75 Å². The van der Waals surface area contributed by atoms with Crippen molar-refractivity contribution in [2.24, 2.45) is 0 Å². The minimum Gasteiger partial charge on any atom is -0.507 e. The van der Waals surface area contributed by atoms with Crippen molar-refractivity contribution < 1.29 is 23.4 Å². The first-order valence-electron chi connectivity index (χ1n) is 6.69. The number of rotatable bonds is 4. The average molecular weight is 348 g/mol. The van der Waals surface area contributed by atoms with Crippen molar-refractivity contribution in [2.75, 3.05) is 4.72 Å². The number of carboxylic acid groups (broad SMARTS) is 1. The third kappa shape index (κ3) is 2.74. The molecule has 124 valence electrons. The number of anilines is 1. The second kappa shape index (κ2) is 5.49. The smallest absolute Gasteiger partial charge is 0.373 e. The lowest BCUT2D eigenvalue weighted by Crippen LogP contribution is -2.14. The molecule has 4 N–H and O–H groups in total. The van der Waals surface area contributed by atoms with Gasteiger partial charge in [0, 0.05) is 5.39 Å². The Morgan fingerprint density at radius 2 is 2.00 bits per heavy atom. The summed E-state index contributed by atoms with van der Waals surface area (Å²) in [6.45, 7) is 1.74. The highest BCUT2D eigenvalue weighted by Gasteiger charge is 2.19. The summed E-state index contributed by atoms with van der Waals surface area (Å²) in [4.78, 5) is 14.2. The summed E-state index contributed by atoms with van der Waals surface area (Å²) < 4.78 is 26.8. The zero-order valence-corrected chi connectivity index (χ0v) is 13.1. The molecule has 1 heterocycles. The zero-order valence-electron chi connectivity index (χ0n) is 12.3. The number of aromatic hydroxyl groups is 1. The van der Waals surface area contributed by atoms with Crippen LogP contribution in [0.15, 0.2) is 35.2 Å². The molecule has 1 aromatic heterocycles. The maximum absolute atomic E-state index is 12.4. The van der Waals surface area contributed by atoms with Gasteiger partial charge < -0.3 is 10.2 Å². The van der Waals surface area contributed by atoms with Crippen LogP contribution < -0.4 is 4.72 Å². The third-order valence-corrected chi connectivity index (χ3v) is 4.71. The molecule has 0 spiro atoms. The van der Waals surface area contributed by atoms with Gasteiger partial charge in [-0.2, -0.15) is 4.98 Å². The lowest BCUT2D eigenvalue weighted by molar-refractivity contribution is 0.0684. The van der Waals surface area contributed by atoms with Crippen molar-refractivity contribution in [3.05, 3.63) is 41.7 Å². The highest BCUT2D eigenvalue weighted by Crippen LogP contribution is 2.30. The minimum absolute atomic E-state index is 0.0695. The molecule has 3 rings (SSSR count). The highest BCUT2D eigenvalue weighted by atomic mass is 32.2. The monoisotopic (exact) mass is 348 g/mol. The summed E-state index contributed by atoms with van der Waals surface area (Å²) in [6.07, 6.45) is 0. The van der Waals surface area contributed by atoms with E-state index in [1.807, 2.05) is 0 Å². The van der Waals surface area contributed by atoms with Crippen LogP contribution >= 0.6 is 0 Å². The molecule has 0 aliphatic carbocycles. The van der Waals surface area contributed by atoms with Crippen LogP contribution in [0.1, 0.15) is 16.2 Å². The van der Waals surface area contributed by atoms with Crippen LogP contribution in [0.3, 0.4) is 0 Å². The number of hydrogen-bond acceptors (Lipinski definition) is 6. The Morgan fingerprint density at radius 3 is 2.67 bits per heavy atom. The van der Waals surface area contributed by atoms with Crippen molar-refractivity contribution in [2.45, 2.75) is 11.8 Å². The zero-order chi connectivity index (χ0) is 17.5. The number of aromatic amines is 1. The van der Waals surface area contributed by atoms with Crippen molar-refractivity contribution in [3.63, 3.8) is 0 Å². The molecule has 0 fully saturated rings. The van der Waals surface area contributed by atoms with Gasteiger partial charge in [-0.25, -0.2) is 17.9 Å². The van der Waals surface area contributed by atoms with E-state index in [4.69, 9.17) is 5.11 Å². The van der Waals surface area contributed by atoms with E-state index in [-0.39, 0.29) is 16.6 Å². The lowest BCUT2D eigenvalue weighted by Gasteiger charge is -2.08. The maximum Gasteiger partial charge on any atom is 0.373 e. The Labute approximate surface area is 136 Å². The quantitative estimate of drug-likeness (QED) is 0.558. The highest BCUT2D eigenvalue weighted by molar-refractivity contribution is 7.92. The normalized spacial score (nSPS) is 11.5. The van der Waals surface area contributed by atoms with E-state index in [2.05, 4.69) is 19.9 Å². The predicted octanol–water partition coefficient (Wildman–Crippen LogP) is 1.47. The summed E-state index contributed by atoms with van der Waals surface area (Å²) in [7, 11) is -4.01. The number of carbonyl (C=O) groups is 1. The minimum atomic E-state index is -4.01. The maximum atomic E-state index is 12.4. The van der Waals surface area contributed by atoms with Crippen LogP contribution in [0.25, 0.3) is 10.8 Å². The van der Waals surface area contributed by atoms with Gasteiger partial charge >= 0.3 is 5.97 Å². The SMILES string of the molecule is Cc1ccc2cc(S(=O)(=O)Nc3n[nH]c(C(=O)O)n3)ccc2c1O. The summed E-state index contributed by atoms with van der Waals surface area (Å²) >= 11 is 0. The van der Waals surface area contributed by atoms with Crippen LogP contribution in [0.4, 0.5) is 5.95 Å². The Kier molecular flexibility index (Phi) is 3.60. The molecule has 0 bridgehead atoms. The van der Waals surface area contributed by atoms with Gasteiger partial charge in [0.25, 0.3) is 16.0 Å². The molecule has 3 aromatic rings. The fraction of sp³-hybridized carbons (Fsp3) is 0.0714. The number of fused-ring (bicyclic) bond motifs is 1. The third-order valence-electron chi connectivity index (χ3n) is 3.39. The first-order valence-corrected chi connectivity index (χ1v) is 8.17. The van der Waals surface area contributed by atoms with E-state index >= 15 is 0 Å². The number of sulfonamides is 1. The number of aromatic nitrogens is 3. The van der Waals surface area contributed by atoms with Gasteiger partial charge in [0.2, 0.25) is 5.82 Å². The molecule has 0 unspecified atom stereocenters. The van der Waals surface area contributed by atoms with Crippen LogP contribution in [0.5, 0.6) is 5.75 Å². The molecule has 0 aliphatic heterocycles. The molecule has 0 saturated carbocycles. The lowest BCUT2D eigenvalue weighted by atomic mass is 10.1. The van der Waals surface area contributed by atoms with E-state index < -0.39 is 21.8 Å². The molecule has 9 nitrogen and oxygen atoms in total. The van der Waals surface area contributed by atoms with Crippen molar-refractivity contribution >= 4 is 32.7 Å². The molecule has 0 radical (unpaired) electrons. The van der Waals surface area contributed by atoms with Crippen molar-refractivity contribution in [3.8, 4) is 5.75 Å². The first-order chi connectivity index (χ1) is 11.3. The van der Waals surface area contributed by atoms with Gasteiger partial charge in [0.05, 0.1) is 4.90 Å². The van der Waals surface area contributed by atoms with Crippen molar-refractivity contribution in [1.29, 1.82) is 0 Å². The van der Waals surface area contributed by atoms with Gasteiger partial charge in [-0.1, -0.05) is 12.1 Å². The van der Waals surface area contributed by atoms with Gasteiger partial charge in [-0.3, -0.25) is 5.10 Å². The van der Waals surface area contributed by atoms with Gasteiger partial charge in [0.15, 0.2) is 0 Å². The van der Waals surface area contributed by atoms with Crippen LogP contribution in [0, 0.1) is 6.92 Å². The van der Waals surface area contributed by atoms with Gasteiger partial charge in [-0.15, -0.1) is 5.10 Å². The Bertz CT molecular complexity index is 1060. The number of phenols is 1. The van der Waals surface area contributed by atoms with Crippen LogP contribution in [-0.2, 0) is 10.0 Å². The fourth-order valence-electron chi connectivity index (χ4n) is 2.15. The standard InChI is InChI=1S/C14H12N4O5S/c1-7-2-3-8-6-9(4-5-10(8)11(7)19)24(22,23)18-14-15-12(13(20)21)16-17-14/h2-6,19H,1H3,(H,20,21)(H2,15,16,17,18). The molecule has 10 heteroatoms. The Hall–Kier alpha value is -3.14. The molecular formula is C14H12N4O5S. The second-order valence-corrected chi connectivity index (χ2v) is 6.71. The molecule has 0 saturated heterocycles. The number of aryl methyl sites for hydroxylation is 1. The fourth-order valence-corrected chi connectivity index (χ4v) is 3.13. The summed E-state index contributed by atoms with van der Waals surface area (Å²) in [5.74, 6) is -2.13. The molecule has 2 aromatic carbocycles. The number of aromatic carboxylic acids is 1. The Balaban J connectivity index is 1.98. The number of hydrogen-bond donors (Lipinski definition) is 4. The number of phenolic OH excluding ortho intramolecular Hbond substituents is 1. The predicted molar refractivity (Wildman–Crippen MR) is 84.5 cm³/mol. The van der Waals surface area contributed by atoms with E-state index in [9.17, 15) is 18.3 Å². The number of nitrogens with one attached hydrogen (secondary N) is 2. The van der Waals surface area contributed by atoms with Crippen LogP contribution in [-0.4, -0.2) is 39.8 Å². The summed E-state index contributed by atoms with van der Waals surface area (Å²) in [6, 6.07) is 7.58. The van der Waals surface area contributed by atoms with Crippen molar-refractivity contribution in [1.82, 2.24) is 15.2 Å². The summed E-state index contributed by atoms with van der Waals surface area (Å²) in [5, 5.41) is 25.4. The number of H-pyrrole nitrogens is 1. The topological polar surface area (TPSA) is 145 Å². The van der Waals surface area contributed by atoms with E-state index in [1.165, 1.54) is 18.2 Å². The molecule has 24 heavy (non-hydrogen) atoms. The van der Waals surface area contributed by atoms with Crippen LogP contribution in [0.2, 0.25) is 0 Å².